The normalized spacial score (nSPS) is 10.8. The van der Waals surface area contributed by atoms with Crippen molar-refractivity contribution in [2.75, 3.05) is 5.73 Å². The van der Waals surface area contributed by atoms with Gasteiger partial charge in [0.05, 0.1) is 15.9 Å². The Balaban J connectivity index is 3.22. The van der Waals surface area contributed by atoms with Crippen LogP contribution in [0.3, 0.4) is 0 Å². The van der Waals surface area contributed by atoms with E-state index in [2.05, 4.69) is 4.98 Å². The lowest BCUT2D eigenvalue weighted by Crippen LogP contribution is -2.03. The van der Waals surface area contributed by atoms with Crippen LogP contribution >= 0.6 is 22.6 Å². The molecule has 0 fully saturated rings. The summed E-state index contributed by atoms with van der Waals surface area (Å²) in [5.41, 5.74) is 5.45. The number of pyridine rings is 1. The Hall–Kier alpha value is -0.500. The Morgan fingerprint density at radius 2 is 2.23 bits per heavy atom. The van der Waals surface area contributed by atoms with Gasteiger partial charge in [0.1, 0.15) is 5.69 Å². The summed E-state index contributed by atoms with van der Waals surface area (Å²) in [4.78, 5) is 3.56. The van der Waals surface area contributed by atoms with E-state index in [1.54, 1.807) is 0 Å². The fourth-order valence-corrected chi connectivity index (χ4v) is 1.29. The van der Waals surface area contributed by atoms with Gasteiger partial charge in [0, 0.05) is 5.69 Å². The zero-order chi connectivity index (χ0) is 10.0. The van der Waals surface area contributed by atoms with Gasteiger partial charge in [-0.3, -0.25) is 0 Å². The van der Waals surface area contributed by atoms with E-state index in [0.29, 0.717) is 3.57 Å². The molecule has 0 aliphatic carbocycles. The van der Waals surface area contributed by atoms with Crippen molar-refractivity contribution in [2.24, 2.45) is 0 Å². The van der Waals surface area contributed by atoms with Crippen molar-refractivity contribution in [1.29, 1.82) is 0 Å². The number of aromatic nitrogens is 1. The molecule has 0 amide bonds. The molecule has 1 heterocycles. The maximum absolute atomic E-state index is 12.2. The summed E-state index contributed by atoms with van der Waals surface area (Å²) in [5.74, 6) is 0. The third-order valence-electron chi connectivity index (χ3n) is 1.45. The van der Waals surface area contributed by atoms with Crippen molar-refractivity contribution in [3.63, 3.8) is 0 Å². The van der Waals surface area contributed by atoms with Crippen molar-refractivity contribution in [3.8, 4) is 0 Å². The quantitative estimate of drug-likeness (QED) is 0.817. The molecule has 0 atom stereocenters. The molecule has 0 bridgehead atoms. The van der Waals surface area contributed by atoms with Gasteiger partial charge in [-0.1, -0.05) is 0 Å². The van der Waals surface area contributed by atoms with Crippen molar-refractivity contribution >= 4 is 28.3 Å². The second kappa shape index (κ2) is 4.14. The zero-order valence-corrected chi connectivity index (χ0v) is 8.62. The number of hydrogen-bond acceptors (Lipinski definition) is 3. The highest BCUT2D eigenvalue weighted by Gasteiger charge is 2.13. The van der Waals surface area contributed by atoms with Crippen molar-refractivity contribution in [1.82, 2.24) is 4.98 Å². The number of aliphatic hydroxyl groups excluding tert-OH is 1. The summed E-state index contributed by atoms with van der Waals surface area (Å²) < 4.78 is 24.9. The lowest BCUT2D eigenvalue weighted by molar-refractivity contribution is 0.145. The number of aliphatic hydroxyl groups is 1. The molecule has 0 radical (unpaired) electrons. The molecule has 0 aliphatic heterocycles. The highest BCUT2D eigenvalue weighted by molar-refractivity contribution is 14.1. The SMILES string of the molecule is Nc1cc(C(F)F)nc(CO)c1I. The summed E-state index contributed by atoms with van der Waals surface area (Å²) in [6.45, 7) is -0.386. The van der Waals surface area contributed by atoms with Gasteiger partial charge in [-0.25, -0.2) is 13.8 Å². The fraction of sp³-hybridized carbons (Fsp3) is 0.286. The number of halogens is 3. The van der Waals surface area contributed by atoms with Crippen LogP contribution in [0.2, 0.25) is 0 Å². The first-order valence-corrected chi connectivity index (χ1v) is 4.48. The van der Waals surface area contributed by atoms with Crippen LogP contribution in [-0.2, 0) is 6.61 Å². The average Bonchev–Trinajstić information content (AvgIpc) is 2.09. The maximum atomic E-state index is 12.2. The predicted octanol–water partition coefficient (Wildman–Crippen LogP) is 1.70. The van der Waals surface area contributed by atoms with Crippen LogP contribution in [0.15, 0.2) is 6.07 Å². The van der Waals surface area contributed by atoms with E-state index in [4.69, 9.17) is 10.8 Å². The molecule has 0 aliphatic rings. The number of nitrogens with zero attached hydrogens (tertiary/aromatic N) is 1. The third-order valence-corrected chi connectivity index (χ3v) is 2.69. The van der Waals surface area contributed by atoms with E-state index in [-0.39, 0.29) is 18.0 Å². The molecule has 1 aromatic rings. The van der Waals surface area contributed by atoms with E-state index < -0.39 is 12.1 Å². The van der Waals surface area contributed by atoms with Crippen molar-refractivity contribution < 1.29 is 13.9 Å². The van der Waals surface area contributed by atoms with Crippen LogP contribution in [0.1, 0.15) is 17.8 Å². The number of anilines is 1. The van der Waals surface area contributed by atoms with E-state index in [1.165, 1.54) is 0 Å². The third kappa shape index (κ3) is 2.25. The summed E-state index contributed by atoms with van der Waals surface area (Å²) in [5, 5.41) is 8.78. The van der Waals surface area contributed by atoms with Gasteiger partial charge < -0.3 is 10.8 Å². The van der Waals surface area contributed by atoms with Crippen LogP contribution < -0.4 is 5.73 Å². The first-order valence-electron chi connectivity index (χ1n) is 3.40. The highest BCUT2D eigenvalue weighted by atomic mass is 127. The minimum Gasteiger partial charge on any atom is -0.398 e. The van der Waals surface area contributed by atoms with E-state index in [1.807, 2.05) is 22.6 Å². The van der Waals surface area contributed by atoms with Crippen molar-refractivity contribution in [3.05, 3.63) is 21.0 Å². The first-order chi connectivity index (χ1) is 6.06. The van der Waals surface area contributed by atoms with Gasteiger partial charge in [-0.15, -0.1) is 0 Å². The molecular formula is C7H7F2IN2O. The Morgan fingerprint density at radius 3 is 2.69 bits per heavy atom. The lowest BCUT2D eigenvalue weighted by atomic mass is 10.2. The standard InChI is InChI=1S/C7H7F2IN2O/c8-7(9)4-1-3(11)6(10)5(2-13)12-4/h1,7,13H,2H2,(H2,11,12). The largest absolute Gasteiger partial charge is 0.398 e. The molecule has 0 saturated heterocycles. The molecule has 3 nitrogen and oxygen atoms in total. The minimum absolute atomic E-state index is 0.191. The number of hydrogen-bond donors (Lipinski definition) is 2. The molecule has 1 rings (SSSR count). The smallest absolute Gasteiger partial charge is 0.280 e. The molecule has 0 spiro atoms. The number of rotatable bonds is 2. The minimum atomic E-state index is -2.66. The molecule has 3 N–H and O–H groups in total. The number of alkyl halides is 2. The molecule has 13 heavy (non-hydrogen) atoms. The van der Waals surface area contributed by atoms with Crippen LogP contribution in [0, 0.1) is 3.57 Å². The van der Waals surface area contributed by atoms with E-state index >= 15 is 0 Å². The van der Waals surface area contributed by atoms with Crippen molar-refractivity contribution in [2.45, 2.75) is 13.0 Å². The molecule has 0 aromatic carbocycles. The highest BCUT2D eigenvalue weighted by Crippen LogP contribution is 2.24. The van der Waals surface area contributed by atoms with Gasteiger partial charge in [0.2, 0.25) is 0 Å². The second-order valence-electron chi connectivity index (χ2n) is 2.36. The van der Waals surface area contributed by atoms with E-state index in [9.17, 15) is 8.78 Å². The molecule has 72 valence electrons. The van der Waals surface area contributed by atoms with Gasteiger partial charge in [-0.05, 0) is 28.7 Å². The fourth-order valence-electron chi connectivity index (χ4n) is 0.843. The Bertz CT molecular complexity index is 320. The lowest BCUT2D eigenvalue weighted by Gasteiger charge is -2.06. The van der Waals surface area contributed by atoms with Crippen LogP contribution in [0.5, 0.6) is 0 Å². The molecule has 1 aromatic heterocycles. The zero-order valence-electron chi connectivity index (χ0n) is 6.47. The monoisotopic (exact) mass is 300 g/mol. The summed E-state index contributed by atoms with van der Waals surface area (Å²) >= 11 is 1.85. The Kier molecular flexibility index (Phi) is 3.37. The van der Waals surface area contributed by atoms with Gasteiger partial charge in [0.15, 0.2) is 0 Å². The van der Waals surface area contributed by atoms with Crippen LogP contribution in [-0.4, -0.2) is 10.1 Å². The number of nitrogens with two attached hydrogens (primary N) is 1. The summed E-state index contributed by atoms with van der Waals surface area (Å²) in [6, 6.07) is 1.12. The molecule has 0 unspecified atom stereocenters. The van der Waals surface area contributed by atoms with Gasteiger partial charge in [-0.2, -0.15) is 0 Å². The predicted molar refractivity (Wildman–Crippen MR) is 52.2 cm³/mol. The van der Waals surface area contributed by atoms with Gasteiger partial charge >= 0.3 is 0 Å². The first kappa shape index (κ1) is 10.6. The molecular weight excluding hydrogens is 293 g/mol. The second-order valence-corrected chi connectivity index (χ2v) is 3.43. The van der Waals surface area contributed by atoms with E-state index in [0.717, 1.165) is 6.07 Å². The summed E-state index contributed by atoms with van der Waals surface area (Å²) in [7, 11) is 0. The summed E-state index contributed by atoms with van der Waals surface area (Å²) in [6.07, 6.45) is -2.66. The maximum Gasteiger partial charge on any atom is 0.280 e. The van der Waals surface area contributed by atoms with Crippen LogP contribution in [0.25, 0.3) is 0 Å². The van der Waals surface area contributed by atoms with Gasteiger partial charge in [0.25, 0.3) is 6.43 Å². The topological polar surface area (TPSA) is 59.1 Å². The van der Waals surface area contributed by atoms with Crippen LogP contribution in [0.4, 0.5) is 14.5 Å². The number of nitrogen functional groups attached to an aromatic ring is 1. The molecule has 0 saturated carbocycles. The molecule has 6 heteroatoms. The Labute approximate surface area is 87.1 Å². The average molecular weight is 300 g/mol. The Morgan fingerprint density at radius 1 is 1.62 bits per heavy atom.